The molecule has 4 heteroatoms. The number of aromatic nitrogens is 2. The van der Waals surface area contributed by atoms with E-state index in [1.807, 2.05) is 10.9 Å². The predicted octanol–water partition coefficient (Wildman–Crippen LogP) is 2.31. The molecule has 20 heavy (non-hydrogen) atoms. The zero-order chi connectivity index (χ0) is 13.9. The first-order valence-electron chi connectivity index (χ1n) is 7.35. The molecule has 1 aliphatic rings. The number of hydrogen-bond donors (Lipinski definition) is 1. The highest BCUT2D eigenvalue weighted by Gasteiger charge is 2.26. The molecule has 1 atom stereocenters. The van der Waals surface area contributed by atoms with Crippen LogP contribution in [-0.2, 0) is 19.6 Å². The molecule has 0 saturated heterocycles. The lowest BCUT2D eigenvalue weighted by Crippen LogP contribution is -2.29. The SMILES string of the molecule is CCCn1cc(C(CN)N2Cc3ccccc3C2)cn1. The van der Waals surface area contributed by atoms with Gasteiger partial charge in [-0.25, -0.2) is 0 Å². The zero-order valence-corrected chi connectivity index (χ0v) is 12.0. The van der Waals surface area contributed by atoms with Gasteiger partial charge in [0.15, 0.2) is 0 Å². The molecule has 1 aliphatic heterocycles. The van der Waals surface area contributed by atoms with Crippen molar-refractivity contribution in [1.82, 2.24) is 14.7 Å². The third kappa shape index (κ3) is 2.49. The maximum Gasteiger partial charge on any atom is 0.0538 e. The second-order valence-corrected chi connectivity index (χ2v) is 5.46. The molecule has 3 rings (SSSR count). The molecule has 1 aromatic heterocycles. The lowest BCUT2D eigenvalue weighted by atomic mass is 10.1. The number of nitrogens with two attached hydrogens (primary N) is 1. The van der Waals surface area contributed by atoms with Gasteiger partial charge in [-0.05, 0) is 17.5 Å². The van der Waals surface area contributed by atoms with Gasteiger partial charge in [0.1, 0.15) is 0 Å². The molecule has 0 bridgehead atoms. The number of rotatable bonds is 5. The van der Waals surface area contributed by atoms with E-state index < -0.39 is 0 Å². The van der Waals surface area contributed by atoms with Gasteiger partial charge in [-0.15, -0.1) is 0 Å². The van der Waals surface area contributed by atoms with Crippen LogP contribution in [0.15, 0.2) is 36.7 Å². The van der Waals surface area contributed by atoms with Gasteiger partial charge in [-0.3, -0.25) is 9.58 Å². The molecular weight excluding hydrogens is 248 g/mol. The van der Waals surface area contributed by atoms with Gasteiger partial charge in [-0.1, -0.05) is 31.2 Å². The molecule has 0 fully saturated rings. The number of nitrogens with zero attached hydrogens (tertiary/aromatic N) is 3. The third-order valence-corrected chi connectivity index (χ3v) is 4.02. The Morgan fingerprint density at radius 2 is 1.95 bits per heavy atom. The minimum absolute atomic E-state index is 0.257. The normalized spacial score (nSPS) is 16.3. The largest absolute Gasteiger partial charge is 0.329 e. The van der Waals surface area contributed by atoms with Crippen molar-refractivity contribution in [2.24, 2.45) is 5.73 Å². The van der Waals surface area contributed by atoms with Crippen LogP contribution in [-0.4, -0.2) is 21.2 Å². The highest BCUT2D eigenvalue weighted by molar-refractivity contribution is 5.31. The quantitative estimate of drug-likeness (QED) is 0.907. The van der Waals surface area contributed by atoms with Crippen LogP contribution in [0.1, 0.15) is 36.1 Å². The molecule has 0 radical (unpaired) electrons. The second kappa shape index (κ2) is 5.77. The molecule has 1 unspecified atom stereocenters. The van der Waals surface area contributed by atoms with E-state index >= 15 is 0 Å². The Balaban J connectivity index is 1.77. The lowest BCUT2D eigenvalue weighted by molar-refractivity contribution is 0.205. The monoisotopic (exact) mass is 270 g/mol. The minimum atomic E-state index is 0.257. The highest BCUT2D eigenvalue weighted by Crippen LogP contribution is 2.30. The maximum atomic E-state index is 6.02. The fraction of sp³-hybridized carbons (Fsp3) is 0.438. The molecule has 1 aromatic carbocycles. The lowest BCUT2D eigenvalue weighted by Gasteiger charge is -2.25. The molecule has 106 valence electrons. The van der Waals surface area contributed by atoms with Crippen molar-refractivity contribution in [3.8, 4) is 0 Å². The van der Waals surface area contributed by atoms with Crippen molar-refractivity contribution in [3.05, 3.63) is 53.3 Å². The van der Waals surface area contributed by atoms with Crippen molar-refractivity contribution in [3.63, 3.8) is 0 Å². The average Bonchev–Trinajstić information content (AvgIpc) is 3.07. The summed E-state index contributed by atoms with van der Waals surface area (Å²) in [4.78, 5) is 2.44. The van der Waals surface area contributed by atoms with Crippen molar-refractivity contribution >= 4 is 0 Å². The van der Waals surface area contributed by atoms with E-state index in [9.17, 15) is 0 Å². The number of aryl methyl sites for hydroxylation is 1. The Labute approximate surface area is 120 Å². The van der Waals surface area contributed by atoms with Gasteiger partial charge in [-0.2, -0.15) is 5.10 Å². The van der Waals surface area contributed by atoms with E-state index in [4.69, 9.17) is 5.73 Å². The summed E-state index contributed by atoms with van der Waals surface area (Å²) in [6.45, 7) is 5.73. The summed E-state index contributed by atoms with van der Waals surface area (Å²) in [7, 11) is 0. The van der Waals surface area contributed by atoms with Crippen LogP contribution in [0, 0.1) is 0 Å². The molecule has 0 spiro atoms. The molecule has 0 aliphatic carbocycles. The topological polar surface area (TPSA) is 47.1 Å². The summed E-state index contributed by atoms with van der Waals surface area (Å²) in [6.07, 6.45) is 5.21. The van der Waals surface area contributed by atoms with Gasteiger partial charge >= 0.3 is 0 Å². The number of fused-ring (bicyclic) bond motifs is 1. The Hall–Kier alpha value is -1.65. The fourth-order valence-electron chi connectivity index (χ4n) is 2.98. The molecule has 0 amide bonds. The summed E-state index contributed by atoms with van der Waals surface area (Å²) in [6, 6.07) is 8.90. The van der Waals surface area contributed by atoms with Crippen LogP contribution >= 0.6 is 0 Å². The van der Waals surface area contributed by atoms with E-state index in [1.165, 1.54) is 16.7 Å². The van der Waals surface area contributed by atoms with Crippen LogP contribution in [0.3, 0.4) is 0 Å². The van der Waals surface area contributed by atoms with Gasteiger partial charge in [0.2, 0.25) is 0 Å². The van der Waals surface area contributed by atoms with E-state index in [0.717, 1.165) is 26.1 Å². The Kier molecular flexibility index (Phi) is 3.85. The van der Waals surface area contributed by atoms with Crippen molar-refractivity contribution in [2.75, 3.05) is 6.54 Å². The van der Waals surface area contributed by atoms with E-state index in [0.29, 0.717) is 6.54 Å². The molecule has 2 N–H and O–H groups in total. The third-order valence-electron chi connectivity index (χ3n) is 4.02. The summed E-state index contributed by atoms with van der Waals surface area (Å²) >= 11 is 0. The van der Waals surface area contributed by atoms with E-state index in [-0.39, 0.29) is 6.04 Å². The molecule has 2 aromatic rings. The van der Waals surface area contributed by atoms with Gasteiger partial charge in [0.25, 0.3) is 0 Å². The Morgan fingerprint density at radius 1 is 1.25 bits per heavy atom. The van der Waals surface area contributed by atoms with Crippen LogP contribution in [0.5, 0.6) is 0 Å². The zero-order valence-electron chi connectivity index (χ0n) is 12.0. The Morgan fingerprint density at radius 3 is 2.55 bits per heavy atom. The van der Waals surface area contributed by atoms with Crippen molar-refractivity contribution in [1.29, 1.82) is 0 Å². The molecule has 0 saturated carbocycles. The average molecular weight is 270 g/mol. The van der Waals surface area contributed by atoms with Crippen molar-refractivity contribution < 1.29 is 0 Å². The summed E-state index contributed by atoms with van der Waals surface area (Å²) in [5.74, 6) is 0. The van der Waals surface area contributed by atoms with Crippen LogP contribution < -0.4 is 5.73 Å². The summed E-state index contributed by atoms with van der Waals surface area (Å²) in [5, 5.41) is 4.43. The predicted molar refractivity (Wildman–Crippen MR) is 80.0 cm³/mol. The first kappa shape index (κ1) is 13.3. The summed E-state index contributed by atoms with van der Waals surface area (Å²) in [5.41, 5.74) is 10.1. The maximum absolute atomic E-state index is 6.02. The molecular formula is C16H22N4. The standard InChI is InChI=1S/C16H22N4/c1-2-7-20-12-15(9-18-20)16(8-17)19-10-13-5-3-4-6-14(13)11-19/h3-6,9,12,16H,2,7-8,10-11,17H2,1H3. The van der Waals surface area contributed by atoms with Gasteiger partial charge in [0, 0.05) is 37.9 Å². The first-order chi connectivity index (χ1) is 9.81. The van der Waals surface area contributed by atoms with Gasteiger partial charge < -0.3 is 5.73 Å². The first-order valence-corrected chi connectivity index (χ1v) is 7.35. The van der Waals surface area contributed by atoms with E-state index in [1.54, 1.807) is 0 Å². The minimum Gasteiger partial charge on any atom is -0.329 e. The summed E-state index contributed by atoms with van der Waals surface area (Å²) < 4.78 is 2.02. The highest BCUT2D eigenvalue weighted by atomic mass is 15.3. The van der Waals surface area contributed by atoms with Gasteiger partial charge in [0.05, 0.1) is 12.2 Å². The van der Waals surface area contributed by atoms with Crippen LogP contribution in [0.25, 0.3) is 0 Å². The smallest absolute Gasteiger partial charge is 0.0538 e. The fourth-order valence-corrected chi connectivity index (χ4v) is 2.98. The second-order valence-electron chi connectivity index (χ2n) is 5.46. The van der Waals surface area contributed by atoms with E-state index in [2.05, 4.69) is 47.4 Å². The van der Waals surface area contributed by atoms with Crippen molar-refractivity contribution in [2.45, 2.75) is 39.0 Å². The molecule has 2 heterocycles. The van der Waals surface area contributed by atoms with Crippen LogP contribution in [0.2, 0.25) is 0 Å². The Bertz CT molecular complexity index is 550. The number of benzene rings is 1. The number of hydrogen-bond acceptors (Lipinski definition) is 3. The van der Waals surface area contributed by atoms with Crippen LogP contribution in [0.4, 0.5) is 0 Å². The molecule has 4 nitrogen and oxygen atoms in total.